The van der Waals surface area contributed by atoms with Crippen molar-refractivity contribution in [3.05, 3.63) is 191 Å². The van der Waals surface area contributed by atoms with Crippen LogP contribution in [0.2, 0.25) is 0 Å². The minimum Gasteiger partial charge on any atom is -0.308 e. The third-order valence-electron chi connectivity index (χ3n) is 11.6. The van der Waals surface area contributed by atoms with Gasteiger partial charge in [0.05, 0.1) is 97.2 Å². The van der Waals surface area contributed by atoms with Crippen molar-refractivity contribution in [2.24, 2.45) is 0 Å². The monoisotopic (exact) mass is 829 g/mol. The lowest BCUT2D eigenvalue weighted by molar-refractivity contribution is -0.137. The minimum absolute atomic E-state index is 0.241. The van der Waals surface area contributed by atoms with Gasteiger partial charge in [0.2, 0.25) is 0 Å². The highest BCUT2D eigenvalue weighted by Gasteiger charge is 2.32. The molecule has 0 unspecified atom stereocenters. The number of halogens is 3. The van der Waals surface area contributed by atoms with Gasteiger partial charge in [-0.05, 0) is 113 Å². The third kappa shape index (κ3) is 6.34. The van der Waals surface area contributed by atoms with Crippen molar-refractivity contribution in [2.45, 2.75) is 6.18 Å². The number of aromatic nitrogens is 2. The molecule has 0 radical (unpaired) electrons. The predicted molar refractivity (Wildman–Crippen MR) is 240 cm³/mol. The summed E-state index contributed by atoms with van der Waals surface area (Å²) < 4.78 is 48.0. The first-order valence-corrected chi connectivity index (χ1v) is 19.8. The van der Waals surface area contributed by atoms with Gasteiger partial charge in [-0.25, -0.2) is 0 Å². The van der Waals surface area contributed by atoms with Crippen LogP contribution in [-0.2, 0) is 6.18 Å². The van der Waals surface area contributed by atoms with E-state index in [0.717, 1.165) is 44.7 Å². The van der Waals surface area contributed by atoms with E-state index < -0.39 is 11.7 Å². The molecule has 0 N–H and O–H groups in total. The zero-order valence-electron chi connectivity index (χ0n) is 33.3. The van der Waals surface area contributed by atoms with Crippen molar-refractivity contribution < 1.29 is 13.2 Å². The largest absolute Gasteiger partial charge is 0.416 e. The van der Waals surface area contributed by atoms with Gasteiger partial charge in [0.15, 0.2) is 0 Å². The van der Waals surface area contributed by atoms with Crippen molar-refractivity contribution in [3.63, 3.8) is 0 Å². The highest BCUT2D eigenvalue weighted by molar-refractivity contribution is 6.13. The molecule has 0 fully saturated rings. The zero-order valence-corrected chi connectivity index (χ0v) is 33.3. The van der Waals surface area contributed by atoms with Crippen LogP contribution in [0.15, 0.2) is 158 Å². The minimum atomic E-state index is -4.67. The molecule has 0 saturated heterocycles. The molecule has 0 aliphatic heterocycles. The average Bonchev–Trinajstić information content (AvgIpc) is 3.84. The Morgan fingerprint density at radius 2 is 0.750 bits per heavy atom. The van der Waals surface area contributed by atoms with Crippen LogP contribution in [0.1, 0.15) is 33.4 Å². The average molecular weight is 830 g/mol. The van der Waals surface area contributed by atoms with Crippen molar-refractivity contribution >= 4 is 43.6 Å². The van der Waals surface area contributed by atoms with E-state index in [4.69, 9.17) is 0 Å². The molecule has 0 atom stereocenters. The Morgan fingerprint density at radius 3 is 1.17 bits per heavy atom. The van der Waals surface area contributed by atoms with Gasteiger partial charge in [0, 0.05) is 27.1 Å². The smallest absolute Gasteiger partial charge is 0.308 e. The highest BCUT2D eigenvalue weighted by atomic mass is 19.4. The zero-order chi connectivity index (χ0) is 44.3. The lowest BCUT2D eigenvalue weighted by Gasteiger charge is -2.22. The molecule has 0 saturated carbocycles. The number of alkyl halides is 3. The Morgan fingerprint density at radius 1 is 0.344 bits per heavy atom. The predicted octanol–water partition coefficient (Wildman–Crippen LogP) is 13.3. The molecule has 0 aliphatic rings. The lowest BCUT2D eigenvalue weighted by atomic mass is 9.96. The van der Waals surface area contributed by atoms with Crippen LogP contribution in [0.5, 0.6) is 0 Å². The first-order valence-electron chi connectivity index (χ1n) is 19.8. The molecule has 8 aromatic carbocycles. The summed E-state index contributed by atoms with van der Waals surface area (Å²) in [4.78, 5) is 0. The molecule has 7 nitrogen and oxygen atoms in total. The summed E-state index contributed by atoms with van der Waals surface area (Å²) in [6.07, 6.45) is -4.67. The van der Waals surface area contributed by atoms with Gasteiger partial charge in [0.1, 0.15) is 0 Å². The van der Waals surface area contributed by atoms with E-state index in [9.17, 15) is 39.5 Å². The van der Waals surface area contributed by atoms with E-state index in [1.54, 1.807) is 42.5 Å². The topological polar surface area (TPSA) is 129 Å². The van der Waals surface area contributed by atoms with Crippen LogP contribution in [0.3, 0.4) is 0 Å². The van der Waals surface area contributed by atoms with E-state index in [1.807, 2.05) is 94.1 Å². The lowest BCUT2D eigenvalue weighted by Crippen LogP contribution is -2.07. The molecular weight excluding hydrogens is 804 g/mol. The molecule has 298 valence electrons. The van der Waals surface area contributed by atoms with Crippen molar-refractivity contribution in [2.75, 3.05) is 0 Å². The van der Waals surface area contributed by atoms with Crippen LogP contribution < -0.4 is 0 Å². The van der Waals surface area contributed by atoms with Crippen molar-refractivity contribution in [1.82, 2.24) is 9.13 Å². The Kier molecular flexibility index (Phi) is 9.06. The second kappa shape index (κ2) is 14.9. The van der Waals surface area contributed by atoms with Gasteiger partial charge < -0.3 is 9.13 Å². The molecule has 0 aliphatic carbocycles. The summed E-state index contributed by atoms with van der Waals surface area (Å²) in [5, 5.41) is 53.4. The molecular formula is C54H26F3N7. The number of nitriles is 5. The first-order chi connectivity index (χ1) is 31.1. The van der Waals surface area contributed by atoms with Crippen LogP contribution in [0.25, 0.3) is 88.4 Å². The van der Waals surface area contributed by atoms with Gasteiger partial charge in [-0.2, -0.15) is 39.5 Å². The van der Waals surface area contributed by atoms with Crippen molar-refractivity contribution in [1.29, 1.82) is 26.3 Å². The fourth-order valence-electron chi connectivity index (χ4n) is 8.84. The molecule has 2 heterocycles. The van der Waals surface area contributed by atoms with Gasteiger partial charge >= 0.3 is 6.18 Å². The standard InChI is InChI=1S/C54H26F3N7/c55-54(56,57)42-7-5-6-39(24-42)53-51(63-47-10-3-1-8-43(47)45-14-12-37(25-49(45)63)40-18-32(27-58)16-33(19-40)28-59)22-36(31-62)23-52(53)64-48-11-4-2-9-44(48)46-15-13-38(26-50(46)64)41-20-34(29-60)17-35(21-41)30-61/h1-26H. The normalized spacial score (nSPS) is 11.3. The second-order valence-corrected chi connectivity index (χ2v) is 15.3. The number of nitrogens with zero attached hydrogens (tertiary/aromatic N) is 7. The maximum atomic E-state index is 14.7. The summed E-state index contributed by atoms with van der Waals surface area (Å²) in [6.45, 7) is 0. The number of fused-ring (bicyclic) bond motifs is 6. The van der Waals surface area contributed by atoms with Gasteiger partial charge in [-0.3, -0.25) is 0 Å². The quantitative estimate of drug-likeness (QED) is 0.171. The fourth-order valence-corrected chi connectivity index (χ4v) is 8.84. The SMILES string of the molecule is N#Cc1cc(C#N)cc(-c2ccc3c4ccccc4n(-c4cc(C#N)cc(-n5c6ccccc6c6ccc(-c7cc(C#N)cc(C#N)c7)cc65)c4-c4cccc(C(F)(F)F)c4)c3c2)c1. The van der Waals surface area contributed by atoms with Crippen LogP contribution in [0, 0.1) is 56.7 Å². The number of rotatable bonds is 5. The van der Waals surface area contributed by atoms with Crippen LogP contribution in [0.4, 0.5) is 13.2 Å². The number of para-hydroxylation sites is 2. The first kappa shape index (κ1) is 38.8. The molecule has 10 heteroatoms. The number of hydrogen-bond acceptors (Lipinski definition) is 5. The van der Waals surface area contributed by atoms with Crippen molar-refractivity contribution in [3.8, 4) is 75.1 Å². The van der Waals surface area contributed by atoms with Crippen LogP contribution in [-0.4, -0.2) is 9.13 Å². The molecule has 0 spiro atoms. The maximum absolute atomic E-state index is 14.7. The number of hydrogen-bond donors (Lipinski definition) is 0. The Balaban J connectivity index is 1.36. The summed E-state index contributed by atoms with van der Waals surface area (Å²) in [6, 6.07) is 56.1. The number of benzene rings is 8. The van der Waals surface area contributed by atoms with E-state index in [1.165, 1.54) is 18.2 Å². The van der Waals surface area contributed by atoms with E-state index in [-0.39, 0.29) is 11.1 Å². The summed E-state index contributed by atoms with van der Waals surface area (Å²) >= 11 is 0. The van der Waals surface area contributed by atoms with E-state index in [0.29, 0.717) is 72.5 Å². The summed E-state index contributed by atoms with van der Waals surface area (Å²) in [5.74, 6) is 0. The maximum Gasteiger partial charge on any atom is 0.416 e. The third-order valence-corrected chi connectivity index (χ3v) is 11.6. The molecule has 2 aromatic heterocycles. The molecule has 0 amide bonds. The van der Waals surface area contributed by atoms with Crippen LogP contribution >= 0.6 is 0 Å². The summed E-state index contributed by atoms with van der Waals surface area (Å²) in [5.41, 5.74) is 7.58. The Labute approximate surface area is 363 Å². The van der Waals surface area contributed by atoms with E-state index >= 15 is 0 Å². The molecule has 10 aromatic rings. The summed E-state index contributed by atoms with van der Waals surface area (Å²) in [7, 11) is 0. The van der Waals surface area contributed by atoms with Gasteiger partial charge in [-0.15, -0.1) is 0 Å². The highest BCUT2D eigenvalue weighted by Crippen LogP contribution is 2.45. The van der Waals surface area contributed by atoms with E-state index in [2.05, 4.69) is 30.3 Å². The Bertz CT molecular complexity index is 3570. The molecule has 64 heavy (non-hydrogen) atoms. The molecule has 10 rings (SSSR count). The fraction of sp³-hybridized carbons (Fsp3) is 0.0185. The Hall–Kier alpha value is -9.40. The van der Waals surface area contributed by atoms with Gasteiger partial charge in [-0.1, -0.05) is 72.8 Å². The second-order valence-electron chi connectivity index (χ2n) is 15.3. The molecule has 0 bridgehead atoms. The van der Waals surface area contributed by atoms with Gasteiger partial charge in [0.25, 0.3) is 0 Å².